The molecule has 0 saturated carbocycles. The quantitative estimate of drug-likeness (QED) is 0.670. The summed E-state index contributed by atoms with van der Waals surface area (Å²) in [6.07, 6.45) is 0. The monoisotopic (exact) mass is 376 g/mol. The second kappa shape index (κ2) is 7.55. The van der Waals surface area contributed by atoms with Crippen LogP contribution < -0.4 is 15.0 Å². The third kappa shape index (κ3) is 3.80. The fourth-order valence-electron chi connectivity index (χ4n) is 2.71. The summed E-state index contributed by atoms with van der Waals surface area (Å²) in [6.45, 7) is 0. The smallest absolute Gasteiger partial charge is 0.295 e. The number of anilines is 2. The molecule has 5 nitrogen and oxygen atoms in total. The second-order valence-electron chi connectivity index (χ2n) is 5.86. The van der Waals surface area contributed by atoms with Gasteiger partial charge in [0.25, 0.3) is 11.1 Å². The molecule has 1 fully saturated rings. The molecule has 3 aromatic carbocycles. The minimum atomic E-state index is -0.654. The lowest BCUT2D eigenvalue weighted by molar-refractivity contribution is -0.116. The Balaban J connectivity index is 1.43. The summed E-state index contributed by atoms with van der Waals surface area (Å²) in [4.78, 5) is 26.1. The van der Waals surface area contributed by atoms with Gasteiger partial charge in [-0.25, -0.2) is 4.90 Å². The first-order valence-electron chi connectivity index (χ1n) is 8.40. The number of rotatable bonds is 5. The molecule has 1 N–H and O–H groups in total. The van der Waals surface area contributed by atoms with Crippen molar-refractivity contribution < 1.29 is 14.3 Å². The van der Waals surface area contributed by atoms with Gasteiger partial charge in [-0.3, -0.25) is 9.59 Å². The Bertz CT molecular complexity index is 946. The van der Waals surface area contributed by atoms with Crippen LogP contribution in [0.2, 0.25) is 0 Å². The first-order chi connectivity index (χ1) is 13.2. The Morgan fingerprint density at radius 1 is 0.778 bits per heavy atom. The lowest BCUT2D eigenvalue weighted by Gasteiger charge is -2.15. The van der Waals surface area contributed by atoms with Gasteiger partial charge in [0.05, 0.1) is 5.69 Å². The van der Waals surface area contributed by atoms with Crippen LogP contribution in [0, 0.1) is 0 Å². The highest BCUT2D eigenvalue weighted by molar-refractivity contribution is 8.16. The van der Waals surface area contributed by atoms with Crippen molar-refractivity contribution in [2.75, 3.05) is 10.2 Å². The van der Waals surface area contributed by atoms with Crippen LogP contribution in [0.25, 0.3) is 0 Å². The zero-order chi connectivity index (χ0) is 18.6. The van der Waals surface area contributed by atoms with Gasteiger partial charge in [-0.05, 0) is 60.3 Å². The molecule has 134 valence electrons. The number of hydrogen-bond acceptors (Lipinski definition) is 5. The zero-order valence-corrected chi connectivity index (χ0v) is 15.1. The largest absolute Gasteiger partial charge is 0.457 e. The van der Waals surface area contributed by atoms with Gasteiger partial charge in [-0.1, -0.05) is 36.4 Å². The number of thioether (sulfide) groups is 1. The predicted molar refractivity (Wildman–Crippen MR) is 107 cm³/mol. The van der Waals surface area contributed by atoms with E-state index in [4.69, 9.17) is 4.74 Å². The zero-order valence-electron chi connectivity index (χ0n) is 14.2. The van der Waals surface area contributed by atoms with Crippen molar-refractivity contribution in [3.8, 4) is 11.5 Å². The fourth-order valence-corrected chi connectivity index (χ4v) is 3.61. The highest BCUT2D eigenvalue weighted by Gasteiger charge is 2.40. The van der Waals surface area contributed by atoms with E-state index in [0.717, 1.165) is 23.2 Å². The van der Waals surface area contributed by atoms with Crippen molar-refractivity contribution in [2.24, 2.45) is 0 Å². The third-order valence-corrected chi connectivity index (χ3v) is 4.93. The first kappa shape index (κ1) is 17.2. The number of carbonyl (C=O) groups is 2. The molecule has 1 aliphatic rings. The topological polar surface area (TPSA) is 58.6 Å². The van der Waals surface area contributed by atoms with E-state index in [0.29, 0.717) is 11.4 Å². The molecule has 0 radical (unpaired) electrons. The summed E-state index contributed by atoms with van der Waals surface area (Å²) in [6, 6.07) is 25.7. The van der Waals surface area contributed by atoms with Gasteiger partial charge >= 0.3 is 0 Å². The maximum absolute atomic E-state index is 12.6. The lowest BCUT2D eigenvalue weighted by atomic mass is 10.2. The number of nitrogens with zero attached hydrogens (tertiary/aromatic N) is 1. The molecule has 1 saturated heterocycles. The van der Waals surface area contributed by atoms with Crippen LogP contribution in [0.3, 0.4) is 0 Å². The Hall–Kier alpha value is -3.25. The van der Waals surface area contributed by atoms with Crippen molar-refractivity contribution >= 4 is 34.3 Å². The van der Waals surface area contributed by atoms with Crippen LogP contribution in [0.4, 0.5) is 16.2 Å². The van der Waals surface area contributed by atoms with E-state index in [2.05, 4.69) is 5.32 Å². The van der Waals surface area contributed by atoms with Crippen molar-refractivity contribution in [3.05, 3.63) is 84.9 Å². The number of para-hydroxylation sites is 2. The predicted octanol–water partition coefficient (Wildman–Crippen LogP) is 5.12. The van der Waals surface area contributed by atoms with Crippen molar-refractivity contribution in [1.82, 2.24) is 0 Å². The van der Waals surface area contributed by atoms with Crippen LogP contribution in [0.5, 0.6) is 11.5 Å². The molecule has 0 bridgehead atoms. The molecule has 0 aromatic heterocycles. The van der Waals surface area contributed by atoms with Crippen LogP contribution in [0.1, 0.15) is 0 Å². The highest BCUT2D eigenvalue weighted by Crippen LogP contribution is 2.32. The van der Waals surface area contributed by atoms with Gasteiger partial charge in [0.2, 0.25) is 0 Å². The molecule has 1 atom stereocenters. The van der Waals surface area contributed by atoms with Gasteiger partial charge in [-0.2, -0.15) is 0 Å². The number of benzene rings is 3. The molecule has 2 amide bonds. The Labute approximate surface area is 161 Å². The van der Waals surface area contributed by atoms with E-state index in [1.807, 2.05) is 60.7 Å². The number of amides is 2. The standard InChI is InChI=1S/C21H16N2O3S/c24-20-19(27-21(25)23(20)16-7-3-1-4-8-16)22-15-11-13-18(14-12-15)26-17-9-5-2-6-10-17/h1-14,19,22H/t19-/m1/s1. The van der Waals surface area contributed by atoms with E-state index in [1.165, 1.54) is 4.90 Å². The summed E-state index contributed by atoms with van der Waals surface area (Å²) in [5.74, 6) is 1.17. The highest BCUT2D eigenvalue weighted by atomic mass is 32.2. The molecule has 0 aliphatic carbocycles. The van der Waals surface area contributed by atoms with E-state index >= 15 is 0 Å². The van der Waals surface area contributed by atoms with Gasteiger partial charge in [0, 0.05) is 5.69 Å². The van der Waals surface area contributed by atoms with Gasteiger partial charge in [0.15, 0.2) is 5.37 Å². The van der Waals surface area contributed by atoms with Gasteiger partial charge in [-0.15, -0.1) is 0 Å². The van der Waals surface area contributed by atoms with Crippen molar-refractivity contribution in [1.29, 1.82) is 0 Å². The number of hydrogen-bond donors (Lipinski definition) is 1. The number of imide groups is 1. The third-order valence-electron chi connectivity index (χ3n) is 3.99. The fraction of sp³-hybridized carbons (Fsp3) is 0.0476. The molecule has 1 aliphatic heterocycles. The lowest BCUT2D eigenvalue weighted by Crippen LogP contribution is -2.34. The minimum absolute atomic E-state index is 0.277. The molecule has 27 heavy (non-hydrogen) atoms. The van der Waals surface area contributed by atoms with Gasteiger partial charge in [0.1, 0.15) is 11.5 Å². The second-order valence-corrected chi connectivity index (χ2v) is 6.91. The molecule has 0 spiro atoms. The first-order valence-corrected chi connectivity index (χ1v) is 9.28. The Morgan fingerprint density at radius 3 is 2.04 bits per heavy atom. The van der Waals surface area contributed by atoms with Crippen molar-refractivity contribution in [3.63, 3.8) is 0 Å². The molecule has 3 aromatic rings. The average Bonchev–Trinajstić information content (AvgIpc) is 2.98. The Morgan fingerprint density at radius 2 is 1.37 bits per heavy atom. The molecule has 0 unspecified atom stereocenters. The summed E-state index contributed by atoms with van der Waals surface area (Å²) in [5, 5.41) is 2.17. The maximum Gasteiger partial charge on any atom is 0.295 e. The summed E-state index contributed by atoms with van der Waals surface area (Å²) < 4.78 is 5.75. The molecule has 1 heterocycles. The van der Waals surface area contributed by atoms with E-state index in [-0.39, 0.29) is 11.1 Å². The van der Waals surface area contributed by atoms with Crippen molar-refractivity contribution in [2.45, 2.75) is 5.37 Å². The summed E-state index contributed by atoms with van der Waals surface area (Å²) >= 11 is 0.973. The normalized spacial score (nSPS) is 16.4. The van der Waals surface area contributed by atoms with Crippen LogP contribution in [-0.2, 0) is 4.79 Å². The Kier molecular flexibility index (Phi) is 4.80. The van der Waals surface area contributed by atoms with Crippen LogP contribution >= 0.6 is 11.8 Å². The molecule has 6 heteroatoms. The molecular weight excluding hydrogens is 360 g/mol. The van der Waals surface area contributed by atoms with Crippen LogP contribution in [-0.4, -0.2) is 16.5 Å². The number of ether oxygens (including phenoxy) is 1. The van der Waals surface area contributed by atoms with E-state index in [1.54, 1.807) is 24.3 Å². The van der Waals surface area contributed by atoms with Crippen LogP contribution in [0.15, 0.2) is 84.9 Å². The summed E-state index contributed by atoms with van der Waals surface area (Å²) in [5.41, 5.74) is 1.32. The number of carbonyl (C=O) groups excluding carboxylic acids is 2. The number of nitrogens with one attached hydrogen (secondary N) is 1. The average molecular weight is 376 g/mol. The maximum atomic E-state index is 12.6. The van der Waals surface area contributed by atoms with Gasteiger partial charge < -0.3 is 10.1 Å². The molecular formula is C21H16N2O3S. The minimum Gasteiger partial charge on any atom is -0.457 e. The van der Waals surface area contributed by atoms with E-state index in [9.17, 15) is 9.59 Å². The summed E-state index contributed by atoms with van der Waals surface area (Å²) in [7, 11) is 0. The SMILES string of the molecule is O=C1S[C@@H](Nc2ccc(Oc3ccccc3)cc2)C(=O)N1c1ccccc1. The molecule has 4 rings (SSSR count). The van der Waals surface area contributed by atoms with E-state index < -0.39 is 5.37 Å².